The molecule has 2 aromatic rings. The summed E-state index contributed by atoms with van der Waals surface area (Å²) >= 11 is 3.45. The van der Waals surface area contributed by atoms with Gasteiger partial charge in [-0.15, -0.1) is 0 Å². The molecule has 106 valence electrons. The quantitative estimate of drug-likeness (QED) is 0.893. The number of methoxy groups -OCH3 is 1. The van der Waals surface area contributed by atoms with E-state index in [0.29, 0.717) is 12.4 Å². The maximum absolute atomic E-state index is 9.71. The Morgan fingerprint density at radius 1 is 1.15 bits per heavy atom. The van der Waals surface area contributed by atoms with Gasteiger partial charge in [-0.25, -0.2) is 0 Å². The first kappa shape index (κ1) is 14.9. The van der Waals surface area contributed by atoms with Crippen molar-refractivity contribution in [2.75, 3.05) is 7.11 Å². The van der Waals surface area contributed by atoms with E-state index in [-0.39, 0.29) is 0 Å². The van der Waals surface area contributed by atoms with Crippen LogP contribution in [0, 0.1) is 0 Å². The molecule has 1 N–H and O–H groups in total. The fourth-order valence-electron chi connectivity index (χ4n) is 1.92. The molecule has 0 aliphatic carbocycles. The van der Waals surface area contributed by atoms with Crippen LogP contribution >= 0.6 is 15.9 Å². The molecule has 0 fully saturated rings. The van der Waals surface area contributed by atoms with Gasteiger partial charge in [0.05, 0.1) is 17.7 Å². The van der Waals surface area contributed by atoms with Gasteiger partial charge in [-0.3, -0.25) is 0 Å². The molecule has 0 heterocycles. The summed E-state index contributed by atoms with van der Waals surface area (Å²) in [5.74, 6) is 1.49. The minimum absolute atomic E-state index is 0.437. The van der Waals surface area contributed by atoms with Crippen molar-refractivity contribution in [3.63, 3.8) is 0 Å². The van der Waals surface area contributed by atoms with E-state index in [2.05, 4.69) is 15.9 Å². The van der Waals surface area contributed by atoms with Crippen molar-refractivity contribution >= 4 is 15.9 Å². The topological polar surface area (TPSA) is 38.7 Å². The van der Waals surface area contributed by atoms with E-state index < -0.39 is 6.10 Å². The monoisotopic (exact) mass is 336 g/mol. The lowest BCUT2D eigenvalue weighted by Crippen LogP contribution is -2.01. The molecule has 0 saturated carbocycles. The minimum atomic E-state index is -0.547. The number of para-hydroxylation sites is 1. The molecule has 0 saturated heterocycles. The highest BCUT2D eigenvalue weighted by Gasteiger charge is 2.09. The van der Waals surface area contributed by atoms with Gasteiger partial charge in [0.25, 0.3) is 0 Å². The maximum atomic E-state index is 9.71. The van der Waals surface area contributed by atoms with E-state index in [1.54, 1.807) is 14.0 Å². The van der Waals surface area contributed by atoms with Gasteiger partial charge < -0.3 is 14.6 Å². The van der Waals surface area contributed by atoms with Gasteiger partial charge in [0.1, 0.15) is 18.1 Å². The summed E-state index contributed by atoms with van der Waals surface area (Å²) in [7, 11) is 1.63. The summed E-state index contributed by atoms with van der Waals surface area (Å²) in [4.78, 5) is 0. The highest BCUT2D eigenvalue weighted by atomic mass is 79.9. The van der Waals surface area contributed by atoms with Crippen LogP contribution in [0.4, 0.5) is 0 Å². The van der Waals surface area contributed by atoms with Gasteiger partial charge >= 0.3 is 0 Å². The van der Waals surface area contributed by atoms with Crippen molar-refractivity contribution in [1.29, 1.82) is 0 Å². The normalized spacial score (nSPS) is 12.0. The number of halogens is 1. The lowest BCUT2D eigenvalue weighted by Gasteiger charge is -2.13. The summed E-state index contributed by atoms with van der Waals surface area (Å²) in [5, 5.41) is 9.71. The van der Waals surface area contributed by atoms with Crippen LogP contribution in [-0.4, -0.2) is 12.2 Å². The highest BCUT2D eigenvalue weighted by molar-refractivity contribution is 9.10. The van der Waals surface area contributed by atoms with Gasteiger partial charge in [-0.1, -0.05) is 24.3 Å². The first-order valence-corrected chi connectivity index (χ1v) is 7.13. The molecule has 0 aliphatic rings. The molecule has 0 radical (unpaired) electrons. The SMILES string of the molecule is COc1ccc(COc2ccccc2C(C)O)cc1Br. The molecule has 1 unspecified atom stereocenters. The molecule has 0 aliphatic heterocycles. The zero-order valence-electron chi connectivity index (χ0n) is 11.5. The van der Waals surface area contributed by atoms with Gasteiger partial charge in [-0.2, -0.15) is 0 Å². The predicted molar refractivity (Wildman–Crippen MR) is 82.1 cm³/mol. The van der Waals surface area contributed by atoms with Crippen LogP contribution in [0.3, 0.4) is 0 Å². The van der Waals surface area contributed by atoms with Crippen molar-refractivity contribution in [3.05, 3.63) is 58.1 Å². The van der Waals surface area contributed by atoms with Gasteiger partial charge in [-0.05, 0) is 46.6 Å². The van der Waals surface area contributed by atoms with Crippen LogP contribution in [0.1, 0.15) is 24.2 Å². The van der Waals surface area contributed by atoms with Crippen molar-refractivity contribution in [1.82, 2.24) is 0 Å². The van der Waals surface area contributed by atoms with Crippen molar-refractivity contribution in [2.45, 2.75) is 19.6 Å². The van der Waals surface area contributed by atoms with Crippen LogP contribution < -0.4 is 9.47 Å². The van der Waals surface area contributed by atoms with Crippen LogP contribution in [0.2, 0.25) is 0 Å². The molecule has 0 amide bonds. The summed E-state index contributed by atoms with van der Waals surface area (Å²) in [5.41, 5.74) is 1.82. The number of rotatable bonds is 5. The number of ether oxygens (including phenoxy) is 2. The molecular weight excluding hydrogens is 320 g/mol. The molecule has 3 nitrogen and oxygen atoms in total. The molecule has 2 rings (SSSR count). The standard InChI is InChI=1S/C16H17BrO3/c1-11(18)13-5-3-4-6-15(13)20-10-12-7-8-16(19-2)14(17)9-12/h3-9,11,18H,10H2,1-2H3. The fraction of sp³-hybridized carbons (Fsp3) is 0.250. The second-order valence-electron chi connectivity index (χ2n) is 4.47. The zero-order chi connectivity index (χ0) is 14.5. The molecule has 1 atom stereocenters. The summed E-state index contributed by atoms with van der Waals surface area (Å²) in [6.45, 7) is 2.17. The van der Waals surface area contributed by atoms with Crippen LogP contribution in [0.5, 0.6) is 11.5 Å². The first-order chi connectivity index (χ1) is 9.61. The predicted octanol–water partition coefficient (Wildman–Crippen LogP) is 4.09. The molecule has 4 heteroatoms. The largest absolute Gasteiger partial charge is 0.496 e. The third kappa shape index (κ3) is 3.52. The van der Waals surface area contributed by atoms with E-state index in [1.807, 2.05) is 42.5 Å². The summed E-state index contributed by atoms with van der Waals surface area (Å²) < 4.78 is 11.9. The van der Waals surface area contributed by atoms with Gasteiger partial charge in [0, 0.05) is 5.56 Å². The maximum Gasteiger partial charge on any atom is 0.133 e. The third-order valence-electron chi connectivity index (χ3n) is 2.98. The number of hydrogen-bond acceptors (Lipinski definition) is 3. The minimum Gasteiger partial charge on any atom is -0.496 e. The Hall–Kier alpha value is -1.52. The summed E-state index contributed by atoms with van der Waals surface area (Å²) in [6, 6.07) is 13.3. The van der Waals surface area contributed by atoms with Crippen LogP contribution in [-0.2, 0) is 6.61 Å². The number of aliphatic hydroxyl groups is 1. The average Bonchev–Trinajstić information content (AvgIpc) is 2.45. The second kappa shape index (κ2) is 6.77. The number of hydrogen-bond donors (Lipinski definition) is 1. The Bertz CT molecular complexity index is 582. The molecule has 0 aromatic heterocycles. The molecular formula is C16H17BrO3. The summed E-state index contributed by atoms with van der Waals surface area (Å²) in [6.07, 6.45) is -0.547. The van der Waals surface area contributed by atoms with Crippen molar-refractivity contribution < 1.29 is 14.6 Å². The van der Waals surface area contributed by atoms with Gasteiger partial charge in [0.2, 0.25) is 0 Å². The molecule has 2 aromatic carbocycles. The number of aliphatic hydroxyl groups excluding tert-OH is 1. The number of benzene rings is 2. The lowest BCUT2D eigenvalue weighted by molar-refractivity contribution is 0.190. The van der Waals surface area contributed by atoms with E-state index >= 15 is 0 Å². The van der Waals surface area contributed by atoms with E-state index in [0.717, 1.165) is 21.3 Å². The second-order valence-corrected chi connectivity index (χ2v) is 5.33. The first-order valence-electron chi connectivity index (χ1n) is 6.34. The molecule has 0 spiro atoms. The lowest BCUT2D eigenvalue weighted by atomic mass is 10.1. The van der Waals surface area contributed by atoms with Crippen LogP contribution in [0.15, 0.2) is 46.9 Å². The van der Waals surface area contributed by atoms with Crippen molar-refractivity contribution in [3.8, 4) is 11.5 Å². The van der Waals surface area contributed by atoms with E-state index in [4.69, 9.17) is 9.47 Å². The Balaban J connectivity index is 2.11. The van der Waals surface area contributed by atoms with E-state index in [1.165, 1.54) is 0 Å². The Kier molecular flexibility index (Phi) is 5.04. The molecule has 0 bridgehead atoms. The average molecular weight is 337 g/mol. The van der Waals surface area contributed by atoms with Crippen LogP contribution in [0.25, 0.3) is 0 Å². The zero-order valence-corrected chi connectivity index (χ0v) is 13.1. The third-order valence-corrected chi connectivity index (χ3v) is 3.60. The highest BCUT2D eigenvalue weighted by Crippen LogP contribution is 2.28. The van der Waals surface area contributed by atoms with Gasteiger partial charge in [0.15, 0.2) is 0 Å². The van der Waals surface area contributed by atoms with E-state index in [9.17, 15) is 5.11 Å². The Morgan fingerprint density at radius 3 is 2.55 bits per heavy atom. The Labute approximate surface area is 127 Å². The smallest absolute Gasteiger partial charge is 0.133 e. The fourth-order valence-corrected chi connectivity index (χ4v) is 2.51. The Morgan fingerprint density at radius 2 is 1.90 bits per heavy atom. The van der Waals surface area contributed by atoms with Crippen molar-refractivity contribution in [2.24, 2.45) is 0 Å². The molecule has 20 heavy (non-hydrogen) atoms.